The number of hydrogen-bond acceptors (Lipinski definition) is 2. The largest absolute Gasteiger partial charge is 0.481 e. The molecule has 0 aliphatic rings. The summed E-state index contributed by atoms with van der Waals surface area (Å²) in [6.07, 6.45) is 1.41. The van der Waals surface area contributed by atoms with Crippen molar-refractivity contribution >= 4 is 12.0 Å². The summed E-state index contributed by atoms with van der Waals surface area (Å²) in [5, 5.41) is 14.5. The number of carboxylic acids is 1. The van der Waals surface area contributed by atoms with E-state index in [-0.39, 0.29) is 24.3 Å². The maximum absolute atomic E-state index is 13.1. The number of carbonyl (C=O) groups is 2. The summed E-state index contributed by atoms with van der Waals surface area (Å²) in [5.74, 6) is -1.19. The average Bonchev–Trinajstić information content (AvgIpc) is 2.60. The Morgan fingerprint density at radius 3 is 2.46 bits per heavy atom. The van der Waals surface area contributed by atoms with Gasteiger partial charge in [0.15, 0.2) is 0 Å². The standard InChI is InChI=1S/C20H23FN2O3/c21-17-8-4-7-16(13-17)11-12-22-20(26)23-18(9-10-19(24)25)14-15-5-2-1-3-6-15/h1-8,13,18H,9-12,14H2,(H,24,25)(H2,22,23,26). The summed E-state index contributed by atoms with van der Waals surface area (Å²) in [7, 11) is 0. The third kappa shape index (κ3) is 7.34. The van der Waals surface area contributed by atoms with Crippen molar-refractivity contribution in [3.05, 3.63) is 71.5 Å². The molecule has 2 aromatic rings. The molecule has 1 unspecified atom stereocenters. The van der Waals surface area contributed by atoms with E-state index < -0.39 is 5.97 Å². The first kappa shape index (κ1) is 19.4. The van der Waals surface area contributed by atoms with E-state index in [1.807, 2.05) is 30.3 Å². The molecule has 3 N–H and O–H groups in total. The van der Waals surface area contributed by atoms with Crippen molar-refractivity contribution in [2.75, 3.05) is 6.54 Å². The lowest BCUT2D eigenvalue weighted by Gasteiger charge is -2.19. The maximum Gasteiger partial charge on any atom is 0.315 e. The highest BCUT2D eigenvalue weighted by molar-refractivity contribution is 5.74. The molecule has 0 radical (unpaired) electrons. The molecule has 138 valence electrons. The van der Waals surface area contributed by atoms with Gasteiger partial charge in [0.2, 0.25) is 0 Å². The first-order chi connectivity index (χ1) is 12.5. The molecule has 2 aromatic carbocycles. The molecule has 0 heterocycles. The highest BCUT2D eigenvalue weighted by Crippen LogP contribution is 2.08. The van der Waals surface area contributed by atoms with Gasteiger partial charge in [-0.05, 0) is 42.5 Å². The van der Waals surface area contributed by atoms with Crippen molar-refractivity contribution in [1.29, 1.82) is 0 Å². The van der Waals surface area contributed by atoms with Crippen molar-refractivity contribution in [2.45, 2.75) is 31.7 Å². The van der Waals surface area contributed by atoms with Gasteiger partial charge in [0.25, 0.3) is 0 Å². The van der Waals surface area contributed by atoms with E-state index in [1.54, 1.807) is 12.1 Å². The van der Waals surface area contributed by atoms with E-state index in [4.69, 9.17) is 5.11 Å². The lowest BCUT2D eigenvalue weighted by Crippen LogP contribution is -2.44. The van der Waals surface area contributed by atoms with Crippen molar-refractivity contribution in [1.82, 2.24) is 10.6 Å². The van der Waals surface area contributed by atoms with Crippen molar-refractivity contribution < 1.29 is 19.1 Å². The van der Waals surface area contributed by atoms with Gasteiger partial charge in [-0.2, -0.15) is 0 Å². The van der Waals surface area contributed by atoms with Crippen LogP contribution >= 0.6 is 0 Å². The van der Waals surface area contributed by atoms with Crippen molar-refractivity contribution in [3.63, 3.8) is 0 Å². The van der Waals surface area contributed by atoms with Gasteiger partial charge in [-0.25, -0.2) is 9.18 Å². The number of rotatable bonds is 9. The van der Waals surface area contributed by atoms with Crippen LogP contribution in [0.4, 0.5) is 9.18 Å². The van der Waals surface area contributed by atoms with Gasteiger partial charge in [0.05, 0.1) is 0 Å². The Bertz CT molecular complexity index is 722. The number of hydrogen-bond donors (Lipinski definition) is 3. The second-order valence-electron chi connectivity index (χ2n) is 6.10. The lowest BCUT2D eigenvalue weighted by atomic mass is 10.0. The highest BCUT2D eigenvalue weighted by Gasteiger charge is 2.14. The Kier molecular flexibility index (Phi) is 7.61. The van der Waals surface area contributed by atoms with Crippen LogP contribution in [0.15, 0.2) is 54.6 Å². The molecule has 2 rings (SSSR count). The van der Waals surface area contributed by atoms with Crippen LogP contribution in [0.1, 0.15) is 24.0 Å². The van der Waals surface area contributed by atoms with Crippen LogP contribution in [0, 0.1) is 5.82 Å². The quantitative estimate of drug-likeness (QED) is 0.644. The molecule has 0 fully saturated rings. The Labute approximate surface area is 152 Å². The van der Waals surface area contributed by atoms with Gasteiger partial charge in [0.1, 0.15) is 5.82 Å². The Balaban J connectivity index is 1.83. The molecule has 0 spiro atoms. The normalized spacial score (nSPS) is 11.6. The third-order valence-corrected chi connectivity index (χ3v) is 3.96. The van der Waals surface area contributed by atoms with Crippen LogP contribution in [0.5, 0.6) is 0 Å². The minimum atomic E-state index is -0.892. The van der Waals surface area contributed by atoms with Gasteiger partial charge in [0, 0.05) is 19.0 Å². The zero-order chi connectivity index (χ0) is 18.8. The Morgan fingerprint density at radius 1 is 1.04 bits per heavy atom. The van der Waals surface area contributed by atoms with Crippen LogP contribution in [0.2, 0.25) is 0 Å². The first-order valence-corrected chi connectivity index (χ1v) is 8.57. The van der Waals surface area contributed by atoms with Gasteiger partial charge < -0.3 is 15.7 Å². The SMILES string of the molecule is O=C(O)CCC(Cc1ccccc1)NC(=O)NCCc1cccc(F)c1. The number of carbonyl (C=O) groups excluding carboxylic acids is 1. The minimum absolute atomic E-state index is 0.0128. The third-order valence-electron chi connectivity index (χ3n) is 3.96. The molecule has 0 aliphatic carbocycles. The van der Waals surface area contributed by atoms with Crippen molar-refractivity contribution in [3.8, 4) is 0 Å². The fourth-order valence-corrected chi connectivity index (χ4v) is 2.67. The first-order valence-electron chi connectivity index (χ1n) is 8.57. The van der Waals surface area contributed by atoms with Gasteiger partial charge in [-0.15, -0.1) is 0 Å². The topological polar surface area (TPSA) is 78.4 Å². The van der Waals surface area contributed by atoms with Gasteiger partial charge >= 0.3 is 12.0 Å². The number of benzene rings is 2. The molecular formula is C20H23FN2O3. The van der Waals surface area contributed by atoms with Crippen LogP contribution < -0.4 is 10.6 Å². The summed E-state index contributed by atoms with van der Waals surface area (Å²) in [4.78, 5) is 22.9. The summed E-state index contributed by atoms with van der Waals surface area (Å²) in [6, 6.07) is 15.2. The number of halogens is 1. The zero-order valence-corrected chi connectivity index (χ0v) is 14.5. The molecule has 0 saturated carbocycles. The number of urea groups is 1. The second-order valence-corrected chi connectivity index (χ2v) is 6.10. The van der Waals surface area contributed by atoms with E-state index in [1.165, 1.54) is 12.1 Å². The summed E-state index contributed by atoms with van der Waals surface area (Å²) < 4.78 is 13.1. The van der Waals surface area contributed by atoms with Gasteiger partial charge in [-0.1, -0.05) is 42.5 Å². The number of nitrogens with one attached hydrogen (secondary N) is 2. The lowest BCUT2D eigenvalue weighted by molar-refractivity contribution is -0.137. The number of aliphatic carboxylic acids is 1. The predicted octanol–water partition coefficient (Wildman–Crippen LogP) is 3.14. The molecule has 0 aromatic heterocycles. The predicted molar refractivity (Wildman–Crippen MR) is 97.4 cm³/mol. The fraction of sp³-hybridized carbons (Fsp3) is 0.300. The molecule has 0 aliphatic heterocycles. The van der Waals surface area contributed by atoms with Crippen LogP contribution in [0.3, 0.4) is 0 Å². The van der Waals surface area contributed by atoms with Crippen LogP contribution in [-0.2, 0) is 17.6 Å². The summed E-state index contributed by atoms with van der Waals surface area (Å²) in [6.45, 7) is 0.367. The van der Waals surface area contributed by atoms with Gasteiger partial charge in [-0.3, -0.25) is 4.79 Å². The highest BCUT2D eigenvalue weighted by atomic mass is 19.1. The fourth-order valence-electron chi connectivity index (χ4n) is 2.67. The molecular weight excluding hydrogens is 335 g/mol. The molecule has 26 heavy (non-hydrogen) atoms. The molecule has 6 heteroatoms. The molecule has 1 atom stereocenters. The Hall–Kier alpha value is -2.89. The molecule has 0 bridgehead atoms. The van der Waals surface area contributed by atoms with E-state index in [0.717, 1.165) is 11.1 Å². The Morgan fingerprint density at radius 2 is 1.77 bits per heavy atom. The molecule has 5 nitrogen and oxygen atoms in total. The molecule has 2 amide bonds. The smallest absolute Gasteiger partial charge is 0.315 e. The maximum atomic E-state index is 13.1. The van der Waals surface area contributed by atoms with Crippen LogP contribution in [0.25, 0.3) is 0 Å². The van der Waals surface area contributed by atoms with E-state index >= 15 is 0 Å². The van der Waals surface area contributed by atoms with E-state index in [9.17, 15) is 14.0 Å². The zero-order valence-electron chi connectivity index (χ0n) is 14.5. The van der Waals surface area contributed by atoms with E-state index in [2.05, 4.69) is 10.6 Å². The second kappa shape index (κ2) is 10.2. The average molecular weight is 358 g/mol. The number of carboxylic acid groups (broad SMARTS) is 1. The van der Waals surface area contributed by atoms with Crippen molar-refractivity contribution in [2.24, 2.45) is 0 Å². The monoisotopic (exact) mass is 358 g/mol. The number of amides is 2. The van der Waals surface area contributed by atoms with Crippen LogP contribution in [-0.4, -0.2) is 29.7 Å². The summed E-state index contributed by atoms with van der Waals surface area (Å²) >= 11 is 0. The summed E-state index contributed by atoms with van der Waals surface area (Å²) in [5.41, 5.74) is 1.83. The van der Waals surface area contributed by atoms with E-state index in [0.29, 0.717) is 25.8 Å². The minimum Gasteiger partial charge on any atom is -0.481 e. The molecule has 0 saturated heterocycles.